The number of methoxy groups -OCH3 is 1. The van der Waals surface area contributed by atoms with E-state index in [1.165, 1.54) is 7.11 Å². The van der Waals surface area contributed by atoms with Crippen LogP contribution in [0.5, 0.6) is 6.01 Å². The van der Waals surface area contributed by atoms with E-state index in [9.17, 15) is 0 Å². The van der Waals surface area contributed by atoms with E-state index in [-0.39, 0.29) is 0 Å². The lowest BCUT2D eigenvalue weighted by Crippen LogP contribution is -2.46. The number of rotatable bonds is 4. The fraction of sp³-hybridized carbons (Fsp3) is 0.312. The second-order valence-corrected chi connectivity index (χ2v) is 5.86. The van der Waals surface area contributed by atoms with E-state index >= 15 is 0 Å². The van der Waals surface area contributed by atoms with Gasteiger partial charge in [-0.1, -0.05) is 12.1 Å². The average molecular weight is 325 g/mol. The zero-order valence-electron chi connectivity index (χ0n) is 13.6. The molecule has 0 bridgehead atoms. The molecule has 1 aliphatic heterocycles. The first kappa shape index (κ1) is 14.7. The minimum absolute atomic E-state index is 0.298. The monoisotopic (exact) mass is 325 g/mol. The lowest BCUT2D eigenvalue weighted by Gasteiger charge is -2.39. The third-order valence-electron chi connectivity index (χ3n) is 4.41. The van der Waals surface area contributed by atoms with Crippen molar-refractivity contribution >= 4 is 22.7 Å². The Labute approximate surface area is 139 Å². The molecule has 0 aliphatic carbocycles. The number of para-hydroxylation sites is 2. The fourth-order valence-corrected chi connectivity index (χ4v) is 3.10. The molecule has 0 saturated carbocycles. The zero-order chi connectivity index (χ0) is 16.7. The molecule has 124 valence electrons. The highest BCUT2D eigenvalue weighted by Gasteiger charge is 2.33. The number of nitrogens with two attached hydrogens (primary N) is 1. The molecule has 1 aliphatic rings. The highest BCUT2D eigenvalue weighted by atomic mass is 16.5. The molecule has 3 aromatic rings. The Hall–Kier alpha value is -2.87. The number of anilines is 2. The van der Waals surface area contributed by atoms with Crippen LogP contribution >= 0.6 is 0 Å². The summed E-state index contributed by atoms with van der Waals surface area (Å²) in [5.41, 5.74) is 4.73. The van der Waals surface area contributed by atoms with Gasteiger partial charge < -0.3 is 19.6 Å². The maximum absolute atomic E-state index is 5.46. The fourth-order valence-electron chi connectivity index (χ4n) is 3.10. The molecule has 1 fully saturated rings. The van der Waals surface area contributed by atoms with Crippen molar-refractivity contribution < 1.29 is 4.74 Å². The molecule has 3 N–H and O–H groups in total. The van der Waals surface area contributed by atoms with Gasteiger partial charge in [0.05, 0.1) is 24.1 Å². The molecule has 8 heteroatoms. The molecule has 0 amide bonds. The Bertz CT molecular complexity index is 863. The molecule has 1 saturated heterocycles. The molecule has 0 atom stereocenters. The van der Waals surface area contributed by atoms with Crippen LogP contribution in [0.15, 0.2) is 30.3 Å². The lowest BCUT2D eigenvalue weighted by atomic mass is 9.99. The predicted molar refractivity (Wildman–Crippen MR) is 92.1 cm³/mol. The largest absolute Gasteiger partial charge is 0.467 e. The number of nitrogens with one attached hydrogen (secondary N) is 1. The van der Waals surface area contributed by atoms with E-state index < -0.39 is 0 Å². The number of hydrazine groups is 1. The summed E-state index contributed by atoms with van der Waals surface area (Å²) in [6.45, 7) is 1.70. The molecule has 2 aromatic heterocycles. The summed E-state index contributed by atoms with van der Waals surface area (Å²) in [5.74, 6) is 8.26. The first-order chi connectivity index (χ1) is 11.7. The SMILES string of the molecule is COc1nc(NN)cc(N2CC(c3nc4ccccc4n3C)C2)n1. The second-order valence-electron chi connectivity index (χ2n) is 5.86. The summed E-state index contributed by atoms with van der Waals surface area (Å²) in [4.78, 5) is 15.4. The quantitative estimate of drug-likeness (QED) is 0.551. The zero-order valence-corrected chi connectivity index (χ0v) is 13.6. The smallest absolute Gasteiger partial charge is 0.320 e. The molecular formula is C16H19N7O. The number of benzene rings is 1. The molecule has 0 radical (unpaired) electrons. The number of fused-ring (bicyclic) bond motifs is 1. The molecule has 4 rings (SSSR count). The number of aryl methyl sites for hydroxylation is 1. The normalized spacial score (nSPS) is 14.7. The maximum atomic E-state index is 5.46. The summed E-state index contributed by atoms with van der Waals surface area (Å²) in [7, 11) is 3.61. The van der Waals surface area contributed by atoms with Crippen molar-refractivity contribution in [3.63, 3.8) is 0 Å². The van der Waals surface area contributed by atoms with Gasteiger partial charge in [0.25, 0.3) is 0 Å². The van der Waals surface area contributed by atoms with E-state index in [0.29, 0.717) is 17.7 Å². The number of nitrogens with zero attached hydrogens (tertiary/aromatic N) is 5. The topological polar surface area (TPSA) is 94.1 Å². The van der Waals surface area contributed by atoms with Gasteiger partial charge in [0.2, 0.25) is 0 Å². The Balaban J connectivity index is 1.56. The average Bonchev–Trinajstić information content (AvgIpc) is 2.90. The second kappa shape index (κ2) is 5.64. The van der Waals surface area contributed by atoms with Crippen LogP contribution < -0.4 is 20.9 Å². The predicted octanol–water partition coefficient (Wildman–Crippen LogP) is 1.26. The third kappa shape index (κ3) is 2.31. The summed E-state index contributed by atoms with van der Waals surface area (Å²) >= 11 is 0. The van der Waals surface area contributed by atoms with E-state index in [0.717, 1.165) is 35.8 Å². The van der Waals surface area contributed by atoms with Crippen LogP contribution in [0.3, 0.4) is 0 Å². The lowest BCUT2D eigenvalue weighted by molar-refractivity contribution is 0.378. The number of aromatic nitrogens is 4. The van der Waals surface area contributed by atoms with Crippen molar-refractivity contribution in [3.05, 3.63) is 36.2 Å². The standard InChI is InChI=1S/C16H19N7O/c1-22-12-6-4-3-5-11(12)18-15(22)10-8-23(9-10)14-7-13(21-17)19-16(20-14)24-2/h3-7,10H,8-9,17H2,1-2H3,(H,19,20,21). The summed E-state index contributed by atoms with van der Waals surface area (Å²) in [6.07, 6.45) is 0. The van der Waals surface area contributed by atoms with Crippen molar-refractivity contribution in [2.45, 2.75) is 5.92 Å². The van der Waals surface area contributed by atoms with Crippen LogP contribution in [0.25, 0.3) is 11.0 Å². The van der Waals surface area contributed by atoms with E-state index in [1.807, 2.05) is 24.3 Å². The van der Waals surface area contributed by atoms with Crippen LogP contribution in [0.4, 0.5) is 11.6 Å². The minimum Gasteiger partial charge on any atom is -0.467 e. The molecular weight excluding hydrogens is 306 g/mol. The van der Waals surface area contributed by atoms with E-state index in [2.05, 4.69) is 38.0 Å². The van der Waals surface area contributed by atoms with Gasteiger partial charge >= 0.3 is 6.01 Å². The van der Waals surface area contributed by atoms with Gasteiger partial charge in [0, 0.05) is 26.2 Å². The van der Waals surface area contributed by atoms with E-state index in [4.69, 9.17) is 15.6 Å². The van der Waals surface area contributed by atoms with Crippen LogP contribution in [-0.4, -0.2) is 39.7 Å². The Kier molecular flexibility index (Phi) is 3.46. The van der Waals surface area contributed by atoms with Gasteiger partial charge in [-0.25, -0.2) is 10.8 Å². The van der Waals surface area contributed by atoms with Crippen molar-refractivity contribution in [2.75, 3.05) is 30.5 Å². The Morgan fingerprint density at radius 1 is 1.21 bits per heavy atom. The van der Waals surface area contributed by atoms with Crippen molar-refractivity contribution in [2.24, 2.45) is 12.9 Å². The van der Waals surface area contributed by atoms with Gasteiger partial charge in [-0.05, 0) is 12.1 Å². The molecule has 0 unspecified atom stereocenters. The molecule has 1 aromatic carbocycles. The Morgan fingerprint density at radius 3 is 2.71 bits per heavy atom. The molecule has 8 nitrogen and oxygen atoms in total. The van der Waals surface area contributed by atoms with Gasteiger partial charge in [-0.2, -0.15) is 9.97 Å². The van der Waals surface area contributed by atoms with Gasteiger partial charge in [-0.3, -0.25) is 0 Å². The van der Waals surface area contributed by atoms with Crippen LogP contribution in [0.1, 0.15) is 11.7 Å². The minimum atomic E-state index is 0.298. The number of ether oxygens (including phenoxy) is 1. The summed E-state index contributed by atoms with van der Waals surface area (Å²) in [5, 5.41) is 0. The van der Waals surface area contributed by atoms with Crippen molar-refractivity contribution in [1.82, 2.24) is 19.5 Å². The van der Waals surface area contributed by atoms with E-state index in [1.54, 1.807) is 0 Å². The molecule has 3 heterocycles. The third-order valence-corrected chi connectivity index (χ3v) is 4.41. The van der Waals surface area contributed by atoms with Crippen LogP contribution in [0.2, 0.25) is 0 Å². The number of hydrogen-bond donors (Lipinski definition) is 2. The number of imidazole rings is 1. The van der Waals surface area contributed by atoms with Crippen molar-refractivity contribution in [3.8, 4) is 6.01 Å². The number of hydrogen-bond acceptors (Lipinski definition) is 7. The summed E-state index contributed by atoms with van der Waals surface area (Å²) < 4.78 is 7.30. The van der Waals surface area contributed by atoms with Gasteiger partial charge in [-0.15, -0.1) is 0 Å². The first-order valence-electron chi connectivity index (χ1n) is 7.75. The van der Waals surface area contributed by atoms with Crippen LogP contribution in [0, 0.1) is 0 Å². The number of nitrogen functional groups attached to an aromatic ring is 1. The highest BCUT2D eigenvalue weighted by Crippen LogP contribution is 2.32. The molecule has 0 spiro atoms. The van der Waals surface area contributed by atoms with Crippen LogP contribution in [-0.2, 0) is 7.05 Å². The summed E-state index contributed by atoms with van der Waals surface area (Å²) in [6, 6.07) is 10.3. The van der Waals surface area contributed by atoms with Gasteiger partial charge in [0.1, 0.15) is 17.5 Å². The highest BCUT2D eigenvalue weighted by molar-refractivity contribution is 5.76. The van der Waals surface area contributed by atoms with Gasteiger partial charge in [0.15, 0.2) is 0 Å². The van der Waals surface area contributed by atoms with Crippen molar-refractivity contribution in [1.29, 1.82) is 0 Å². The molecule has 24 heavy (non-hydrogen) atoms. The Morgan fingerprint density at radius 2 is 2.00 bits per heavy atom. The first-order valence-corrected chi connectivity index (χ1v) is 7.75. The maximum Gasteiger partial charge on any atom is 0.320 e.